The lowest BCUT2D eigenvalue weighted by molar-refractivity contribution is 0.255. The molecule has 0 spiro atoms. The fraction of sp³-hybridized carbons (Fsp3) is 0.111. The number of aromatic nitrogens is 2. The van der Waals surface area contributed by atoms with Gasteiger partial charge in [0.05, 0.1) is 11.9 Å². The molecule has 0 atom stereocenters. The molecule has 2 heterocycles. The number of anilines is 1. The first kappa shape index (κ1) is 8.55. The van der Waals surface area contributed by atoms with Crippen molar-refractivity contribution in [1.82, 2.24) is 9.97 Å². The molecule has 0 aromatic carbocycles. The third-order valence-electron chi connectivity index (χ3n) is 1.62. The molecule has 0 aliphatic rings. The summed E-state index contributed by atoms with van der Waals surface area (Å²) in [5, 5.41) is 0. The summed E-state index contributed by atoms with van der Waals surface area (Å²) in [4.78, 5) is 7.86. The van der Waals surface area contributed by atoms with E-state index in [1.54, 1.807) is 24.5 Å². The van der Waals surface area contributed by atoms with Crippen LogP contribution in [0.4, 0.5) is 5.69 Å². The highest BCUT2D eigenvalue weighted by atomic mass is 16.5. The Morgan fingerprint density at radius 2 is 2.29 bits per heavy atom. The number of oxazole rings is 1. The number of pyridine rings is 1. The van der Waals surface area contributed by atoms with Gasteiger partial charge in [-0.05, 0) is 12.1 Å². The summed E-state index contributed by atoms with van der Waals surface area (Å²) in [5.74, 6) is 0.890. The average molecular weight is 191 g/mol. The van der Waals surface area contributed by atoms with Crippen LogP contribution < -0.4 is 10.5 Å². The minimum absolute atomic E-state index is 0.230. The van der Waals surface area contributed by atoms with Crippen molar-refractivity contribution in [3.8, 4) is 5.88 Å². The molecule has 2 rings (SSSR count). The Morgan fingerprint density at radius 3 is 3.00 bits per heavy atom. The number of nitrogens with zero attached hydrogens (tertiary/aromatic N) is 2. The Bertz CT molecular complexity index is 400. The van der Waals surface area contributed by atoms with E-state index < -0.39 is 0 Å². The van der Waals surface area contributed by atoms with Gasteiger partial charge in [0.2, 0.25) is 11.8 Å². The molecule has 0 radical (unpaired) electrons. The molecule has 5 heteroatoms. The van der Waals surface area contributed by atoms with Gasteiger partial charge in [-0.15, -0.1) is 0 Å². The Hall–Kier alpha value is -2.04. The summed E-state index contributed by atoms with van der Waals surface area (Å²) in [7, 11) is 0. The third-order valence-corrected chi connectivity index (χ3v) is 1.62. The summed E-state index contributed by atoms with van der Waals surface area (Å²) in [6.45, 7) is 0.230. The van der Waals surface area contributed by atoms with Gasteiger partial charge in [-0.1, -0.05) is 0 Å². The minimum atomic E-state index is 0.230. The van der Waals surface area contributed by atoms with Crippen LogP contribution in [0.3, 0.4) is 0 Å². The predicted molar refractivity (Wildman–Crippen MR) is 49.5 cm³/mol. The van der Waals surface area contributed by atoms with Gasteiger partial charge in [0.15, 0.2) is 6.61 Å². The number of hydrogen-bond donors (Lipinski definition) is 1. The largest absolute Gasteiger partial charge is 0.466 e. The first-order valence-corrected chi connectivity index (χ1v) is 4.08. The lowest BCUT2D eigenvalue weighted by atomic mass is 10.4. The Morgan fingerprint density at radius 1 is 1.36 bits per heavy atom. The van der Waals surface area contributed by atoms with Crippen molar-refractivity contribution in [3.05, 3.63) is 36.7 Å². The van der Waals surface area contributed by atoms with E-state index >= 15 is 0 Å². The molecular formula is C9H9N3O2. The number of nitrogens with two attached hydrogens (primary N) is 1. The van der Waals surface area contributed by atoms with Crippen molar-refractivity contribution in [3.63, 3.8) is 0 Å². The van der Waals surface area contributed by atoms with E-state index in [0.29, 0.717) is 17.5 Å². The van der Waals surface area contributed by atoms with Gasteiger partial charge < -0.3 is 14.9 Å². The second-order valence-corrected chi connectivity index (χ2v) is 2.61. The standard InChI is InChI=1S/C9H9N3O2/c10-7-2-1-3-12-9(7)14-6-8-11-4-5-13-8/h1-5H,6,10H2. The SMILES string of the molecule is Nc1cccnc1OCc1ncco1. The van der Waals surface area contributed by atoms with E-state index in [4.69, 9.17) is 14.9 Å². The third kappa shape index (κ3) is 1.82. The molecule has 2 N–H and O–H groups in total. The molecule has 0 aliphatic carbocycles. The van der Waals surface area contributed by atoms with Crippen molar-refractivity contribution in [2.75, 3.05) is 5.73 Å². The zero-order valence-corrected chi connectivity index (χ0v) is 7.38. The lowest BCUT2D eigenvalue weighted by Crippen LogP contribution is -2.00. The molecule has 0 saturated carbocycles. The Balaban J connectivity index is 2.02. The minimum Gasteiger partial charge on any atom is -0.466 e. The molecule has 0 fully saturated rings. The number of ether oxygens (including phenoxy) is 1. The molecular weight excluding hydrogens is 182 g/mol. The monoisotopic (exact) mass is 191 g/mol. The molecule has 0 saturated heterocycles. The predicted octanol–water partition coefficient (Wildman–Crippen LogP) is 1.23. The molecule has 5 nitrogen and oxygen atoms in total. The topological polar surface area (TPSA) is 74.2 Å². The molecule has 72 valence electrons. The quantitative estimate of drug-likeness (QED) is 0.789. The summed E-state index contributed by atoms with van der Waals surface area (Å²) >= 11 is 0. The first-order valence-electron chi connectivity index (χ1n) is 4.08. The Kier molecular flexibility index (Phi) is 2.31. The number of rotatable bonds is 3. The van der Waals surface area contributed by atoms with Crippen LogP contribution in [-0.2, 0) is 6.61 Å². The van der Waals surface area contributed by atoms with Crippen LogP contribution in [0.1, 0.15) is 5.89 Å². The van der Waals surface area contributed by atoms with Crippen LogP contribution in [0.15, 0.2) is 35.2 Å². The molecule has 0 amide bonds. The van der Waals surface area contributed by atoms with Crippen LogP contribution in [0, 0.1) is 0 Å². The maximum absolute atomic E-state index is 5.62. The van der Waals surface area contributed by atoms with Crippen molar-refractivity contribution in [1.29, 1.82) is 0 Å². The number of hydrogen-bond acceptors (Lipinski definition) is 5. The van der Waals surface area contributed by atoms with Crippen LogP contribution in [-0.4, -0.2) is 9.97 Å². The van der Waals surface area contributed by atoms with E-state index in [1.807, 2.05) is 0 Å². The van der Waals surface area contributed by atoms with E-state index in [-0.39, 0.29) is 6.61 Å². The summed E-state index contributed by atoms with van der Waals surface area (Å²) in [5.41, 5.74) is 6.12. The van der Waals surface area contributed by atoms with Gasteiger partial charge in [-0.3, -0.25) is 0 Å². The second kappa shape index (κ2) is 3.78. The lowest BCUT2D eigenvalue weighted by Gasteiger charge is -2.03. The van der Waals surface area contributed by atoms with Gasteiger partial charge in [0.25, 0.3) is 0 Å². The maximum Gasteiger partial charge on any atom is 0.237 e. The van der Waals surface area contributed by atoms with Gasteiger partial charge in [0.1, 0.15) is 6.26 Å². The highest BCUT2D eigenvalue weighted by Gasteiger charge is 2.02. The van der Waals surface area contributed by atoms with Crippen LogP contribution in [0.25, 0.3) is 0 Å². The molecule has 14 heavy (non-hydrogen) atoms. The van der Waals surface area contributed by atoms with Crippen molar-refractivity contribution < 1.29 is 9.15 Å². The average Bonchev–Trinajstić information content (AvgIpc) is 2.69. The van der Waals surface area contributed by atoms with Crippen molar-refractivity contribution in [2.24, 2.45) is 0 Å². The normalized spacial score (nSPS) is 10.0. The molecule has 0 aliphatic heterocycles. The van der Waals surface area contributed by atoms with E-state index in [9.17, 15) is 0 Å². The van der Waals surface area contributed by atoms with Crippen molar-refractivity contribution >= 4 is 5.69 Å². The number of nitrogen functional groups attached to an aromatic ring is 1. The van der Waals surface area contributed by atoms with Crippen LogP contribution >= 0.6 is 0 Å². The fourth-order valence-corrected chi connectivity index (χ4v) is 0.978. The molecule has 0 unspecified atom stereocenters. The zero-order chi connectivity index (χ0) is 9.80. The van der Waals surface area contributed by atoms with Crippen LogP contribution in [0.5, 0.6) is 5.88 Å². The highest BCUT2D eigenvalue weighted by molar-refractivity contribution is 5.46. The Labute approximate surface area is 80.5 Å². The van der Waals surface area contributed by atoms with Crippen LogP contribution in [0.2, 0.25) is 0 Å². The molecule has 2 aromatic heterocycles. The first-order chi connectivity index (χ1) is 6.86. The van der Waals surface area contributed by atoms with Crippen molar-refractivity contribution in [2.45, 2.75) is 6.61 Å². The molecule has 2 aromatic rings. The van der Waals surface area contributed by atoms with Gasteiger partial charge in [0, 0.05) is 6.20 Å². The smallest absolute Gasteiger partial charge is 0.237 e. The van der Waals surface area contributed by atoms with E-state index in [0.717, 1.165) is 0 Å². The fourth-order valence-electron chi connectivity index (χ4n) is 0.978. The summed E-state index contributed by atoms with van der Waals surface area (Å²) < 4.78 is 10.3. The highest BCUT2D eigenvalue weighted by Crippen LogP contribution is 2.16. The summed E-state index contributed by atoms with van der Waals surface area (Å²) in [6.07, 6.45) is 4.65. The maximum atomic E-state index is 5.62. The van der Waals surface area contributed by atoms with E-state index in [1.165, 1.54) is 6.26 Å². The van der Waals surface area contributed by atoms with Gasteiger partial charge in [-0.2, -0.15) is 0 Å². The zero-order valence-electron chi connectivity index (χ0n) is 7.38. The summed E-state index contributed by atoms with van der Waals surface area (Å²) in [6, 6.07) is 3.46. The van der Waals surface area contributed by atoms with E-state index in [2.05, 4.69) is 9.97 Å². The second-order valence-electron chi connectivity index (χ2n) is 2.61. The molecule has 0 bridgehead atoms. The van der Waals surface area contributed by atoms with Gasteiger partial charge >= 0.3 is 0 Å². The van der Waals surface area contributed by atoms with Gasteiger partial charge in [-0.25, -0.2) is 9.97 Å².